The monoisotopic (exact) mass is 414 g/mol. The number of primary sulfonamides is 1. The van der Waals surface area contributed by atoms with Crippen LogP contribution in [-0.2, 0) is 26.2 Å². The van der Waals surface area contributed by atoms with E-state index in [9.17, 15) is 30.0 Å². The van der Waals surface area contributed by atoms with E-state index in [1.54, 1.807) is 0 Å². The second kappa shape index (κ2) is 6.48. The molecule has 0 aliphatic carbocycles. The molecule has 0 atom stereocenters. The van der Waals surface area contributed by atoms with Gasteiger partial charge in [0, 0.05) is 5.02 Å². The van der Waals surface area contributed by atoms with Crippen LogP contribution >= 0.6 is 11.6 Å². The quantitative estimate of drug-likeness (QED) is 0.802. The highest BCUT2D eigenvalue weighted by Gasteiger charge is 2.37. The van der Waals surface area contributed by atoms with E-state index in [0.717, 1.165) is 24.3 Å². The van der Waals surface area contributed by atoms with E-state index in [0.29, 0.717) is 12.1 Å². The first-order chi connectivity index (χ1) is 11.3. The number of halogens is 4. The Morgan fingerprint density at radius 3 is 2.20 bits per heavy atom. The molecular formula is C13H10ClF3N2O4S2. The molecule has 6 nitrogen and oxygen atoms in total. The van der Waals surface area contributed by atoms with Crippen molar-refractivity contribution in [2.24, 2.45) is 5.14 Å². The van der Waals surface area contributed by atoms with Crippen molar-refractivity contribution in [1.29, 1.82) is 0 Å². The fraction of sp³-hybridized carbons (Fsp3) is 0.0769. The van der Waals surface area contributed by atoms with Gasteiger partial charge in [0.25, 0.3) is 10.0 Å². The summed E-state index contributed by atoms with van der Waals surface area (Å²) in [5.74, 6) is 0. The highest BCUT2D eigenvalue weighted by molar-refractivity contribution is 7.92. The Morgan fingerprint density at radius 2 is 1.64 bits per heavy atom. The SMILES string of the molecule is NS(=O)(=O)c1cccc(NS(=O)(=O)c2ccc(Cl)cc2C(F)(F)F)c1. The Kier molecular flexibility index (Phi) is 5.06. The van der Waals surface area contributed by atoms with Crippen molar-refractivity contribution in [2.45, 2.75) is 16.0 Å². The Hall–Kier alpha value is -1.82. The average molecular weight is 415 g/mol. The van der Waals surface area contributed by atoms with Crippen LogP contribution in [0.4, 0.5) is 18.9 Å². The van der Waals surface area contributed by atoms with E-state index < -0.39 is 41.6 Å². The zero-order valence-corrected chi connectivity index (χ0v) is 14.5. The molecule has 12 heteroatoms. The van der Waals surface area contributed by atoms with Crippen molar-refractivity contribution in [1.82, 2.24) is 0 Å². The molecule has 0 amide bonds. The van der Waals surface area contributed by atoms with Crippen LogP contribution in [0.5, 0.6) is 0 Å². The molecule has 0 spiro atoms. The first-order valence-electron chi connectivity index (χ1n) is 6.33. The summed E-state index contributed by atoms with van der Waals surface area (Å²) in [6, 6.07) is 6.52. The molecular weight excluding hydrogens is 405 g/mol. The van der Waals surface area contributed by atoms with Gasteiger partial charge in [-0.25, -0.2) is 22.0 Å². The lowest BCUT2D eigenvalue weighted by Crippen LogP contribution is -2.19. The molecule has 0 aliphatic rings. The molecule has 3 N–H and O–H groups in total. The van der Waals surface area contributed by atoms with Crippen LogP contribution in [-0.4, -0.2) is 16.8 Å². The fourth-order valence-electron chi connectivity index (χ4n) is 1.90. The maximum absolute atomic E-state index is 13.1. The largest absolute Gasteiger partial charge is 0.417 e. The van der Waals surface area contributed by atoms with Gasteiger partial charge in [0.15, 0.2) is 0 Å². The Bertz CT molecular complexity index is 1020. The van der Waals surface area contributed by atoms with E-state index in [-0.39, 0.29) is 10.7 Å². The topological polar surface area (TPSA) is 106 Å². The van der Waals surface area contributed by atoms with Gasteiger partial charge in [0.2, 0.25) is 10.0 Å². The van der Waals surface area contributed by atoms with Crippen molar-refractivity contribution in [2.75, 3.05) is 4.72 Å². The molecule has 25 heavy (non-hydrogen) atoms. The highest BCUT2D eigenvalue weighted by atomic mass is 35.5. The van der Waals surface area contributed by atoms with Gasteiger partial charge in [0.05, 0.1) is 21.0 Å². The van der Waals surface area contributed by atoms with Gasteiger partial charge in [-0.1, -0.05) is 17.7 Å². The number of alkyl halides is 3. The third kappa shape index (κ3) is 4.63. The molecule has 0 fully saturated rings. The summed E-state index contributed by atoms with van der Waals surface area (Å²) in [4.78, 5) is -1.45. The number of rotatable bonds is 4. The molecule has 136 valence electrons. The summed E-state index contributed by atoms with van der Waals surface area (Å²) in [5, 5.41) is 4.64. The van der Waals surface area contributed by atoms with Crippen LogP contribution in [0.15, 0.2) is 52.3 Å². The molecule has 0 bridgehead atoms. The number of hydrogen-bond acceptors (Lipinski definition) is 4. The second-order valence-electron chi connectivity index (χ2n) is 4.82. The van der Waals surface area contributed by atoms with Gasteiger partial charge >= 0.3 is 6.18 Å². The predicted molar refractivity (Wildman–Crippen MR) is 85.1 cm³/mol. The first-order valence-corrected chi connectivity index (χ1v) is 9.74. The van der Waals surface area contributed by atoms with Crippen LogP contribution in [0.1, 0.15) is 5.56 Å². The highest BCUT2D eigenvalue weighted by Crippen LogP contribution is 2.36. The first kappa shape index (κ1) is 19.5. The number of anilines is 1. The van der Waals surface area contributed by atoms with Crippen LogP contribution in [0, 0.1) is 0 Å². The summed E-state index contributed by atoms with van der Waals surface area (Å²) >= 11 is 5.51. The molecule has 2 aromatic carbocycles. The number of nitrogens with two attached hydrogens (primary N) is 1. The predicted octanol–water partition coefficient (Wildman–Crippen LogP) is 2.81. The molecule has 0 aliphatic heterocycles. The van der Waals surface area contributed by atoms with E-state index in [1.807, 2.05) is 4.72 Å². The smallest absolute Gasteiger partial charge is 0.280 e. The van der Waals surface area contributed by atoms with Crippen molar-refractivity contribution < 1.29 is 30.0 Å². The number of benzene rings is 2. The lowest BCUT2D eigenvalue weighted by molar-refractivity contribution is -0.139. The summed E-state index contributed by atoms with van der Waals surface area (Å²) in [7, 11) is -8.79. The van der Waals surface area contributed by atoms with Crippen LogP contribution in [0.2, 0.25) is 5.02 Å². The summed E-state index contributed by atoms with van der Waals surface area (Å²) in [6.07, 6.45) is -4.96. The van der Waals surface area contributed by atoms with Gasteiger partial charge in [-0.3, -0.25) is 4.72 Å². The normalized spacial score (nSPS) is 12.8. The minimum atomic E-state index is -4.96. The third-order valence-corrected chi connectivity index (χ3v) is 5.54. The number of hydrogen-bond donors (Lipinski definition) is 2. The summed E-state index contributed by atoms with van der Waals surface area (Å²) < 4.78 is 88.3. The molecule has 0 unspecified atom stereocenters. The molecule has 0 saturated heterocycles. The Labute approximate surface area is 146 Å². The lowest BCUT2D eigenvalue weighted by Gasteiger charge is -2.15. The van der Waals surface area contributed by atoms with Crippen LogP contribution < -0.4 is 9.86 Å². The molecule has 0 radical (unpaired) electrons. The Balaban J connectivity index is 2.52. The van der Waals surface area contributed by atoms with Gasteiger partial charge in [-0.2, -0.15) is 13.2 Å². The van der Waals surface area contributed by atoms with Crippen LogP contribution in [0.25, 0.3) is 0 Å². The van der Waals surface area contributed by atoms with Gasteiger partial charge in [0.1, 0.15) is 0 Å². The number of nitrogens with one attached hydrogen (secondary N) is 1. The van der Waals surface area contributed by atoms with Crippen molar-refractivity contribution >= 4 is 37.3 Å². The maximum atomic E-state index is 13.1. The molecule has 0 aromatic heterocycles. The van der Waals surface area contributed by atoms with Gasteiger partial charge in [-0.05, 0) is 36.4 Å². The van der Waals surface area contributed by atoms with Gasteiger partial charge in [-0.15, -0.1) is 0 Å². The van der Waals surface area contributed by atoms with Crippen molar-refractivity contribution in [3.63, 3.8) is 0 Å². The average Bonchev–Trinajstić information content (AvgIpc) is 2.45. The molecule has 2 aromatic rings. The standard InChI is InChI=1S/C13H10ClF3N2O4S2/c14-8-4-5-12(11(6-8)13(15,16)17)25(22,23)19-9-2-1-3-10(7-9)24(18,20)21/h1-7,19H,(H2,18,20,21). The minimum absolute atomic E-state index is 0.269. The summed E-state index contributed by atoms with van der Waals surface area (Å²) in [5.41, 5.74) is -1.72. The van der Waals surface area contributed by atoms with Crippen LogP contribution in [0.3, 0.4) is 0 Å². The fourth-order valence-corrected chi connectivity index (χ4v) is 3.89. The van der Waals surface area contributed by atoms with E-state index in [2.05, 4.69) is 0 Å². The van der Waals surface area contributed by atoms with E-state index in [1.165, 1.54) is 6.07 Å². The molecule has 0 saturated carbocycles. The molecule has 2 rings (SSSR count). The second-order valence-corrected chi connectivity index (χ2v) is 8.47. The lowest BCUT2D eigenvalue weighted by atomic mass is 10.2. The third-order valence-electron chi connectivity index (χ3n) is 2.95. The van der Waals surface area contributed by atoms with E-state index in [4.69, 9.17) is 16.7 Å². The summed E-state index contributed by atoms with van der Waals surface area (Å²) in [6.45, 7) is 0. The zero-order chi connectivity index (χ0) is 19.0. The number of sulfonamides is 2. The zero-order valence-electron chi connectivity index (χ0n) is 12.1. The van der Waals surface area contributed by atoms with Crippen molar-refractivity contribution in [3.05, 3.63) is 53.1 Å². The Morgan fingerprint density at radius 1 is 1.00 bits per heavy atom. The minimum Gasteiger partial charge on any atom is -0.280 e. The van der Waals surface area contributed by atoms with Crippen molar-refractivity contribution in [3.8, 4) is 0 Å². The van der Waals surface area contributed by atoms with Gasteiger partial charge < -0.3 is 0 Å². The molecule has 0 heterocycles. The van der Waals surface area contributed by atoms with E-state index >= 15 is 0 Å². The maximum Gasteiger partial charge on any atom is 0.417 e.